The van der Waals surface area contributed by atoms with E-state index in [2.05, 4.69) is 25.3 Å². The Balaban J connectivity index is 2.24. The number of hydrogen-bond acceptors (Lipinski definition) is 3. The molecule has 0 aliphatic carbocycles. The second-order valence-electron chi connectivity index (χ2n) is 7.07. The number of benzene rings is 1. The molecule has 1 aromatic carbocycles. The minimum atomic E-state index is -0.385. The predicted octanol–water partition coefficient (Wildman–Crippen LogP) is 4.26. The van der Waals surface area contributed by atoms with E-state index < -0.39 is 0 Å². The third kappa shape index (κ3) is 3.18. The van der Waals surface area contributed by atoms with Gasteiger partial charge in [-0.15, -0.1) is 0 Å². The molecule has 0 radical (unpaired) electrons. The van der Waals surface area contributed by atoms with E-state index in [-0.39, 0.29) is 11.9 Å². The van der Waals surface area contributed by atoms with Crippen molar-refractivity contribution in [3.63, 3.8) is 0 Å². The first kappa shape index (κ1) is 18.4. The van der Waals surface area contributed by atoms with Crippen molar-refractivity contribution in [3.05, 3.63) is 35.2 Å². The van der Waals surface area contributed by atoms with Crippen molar-refractivity contribution in [3.8, 4) is 22.6 Å². The zero-order valence-electron chi connectivity index (χ0n) is 16.1. The standard InChI is InChI=1S/C21H28N2O3/c1-5-6-7-16-20(19(21(22)24)14(4)23(16)13(2)3)15-8-9-17-18(12-15)26-11-10-25-17/h8-9,12-13H,5-7,10-11H2,1-4H3,(H2,22,24). The molecule has 1 aliphatic rings. The molecule has 1 aliphatic heterocycles. The van der Waals surface area contributed by atoms with E-state index in [4.69, 9.17) is 15.2 Å². The molecule has 0 saturated carbocycles. The highest BCUT2D eigenvalue weighted by Crippen LogP contribution is 2.40. The summed E-state index contributed by atoms with van der Waals surface area (Å²) in [6.07, 6.45) is 3.06. The first-order chi connectivity index (χ1) is 12.5. The van der Waals surface area contributed by atoms with Crippen LogP contribution in [0, 0.1) is 6.92 Å². The molecule has 2 N–H and O–H groups in total. The smallest absolute Gasteiger partial charge is 0.251 e. The van der Waals surface area contributed by atoms with Crippen LogP contribution in [0.4, 0.5) is 0 Å². The number of aromatic nitrogens is 1. The molecular weight excluding hydrogens is 328 g/mol. The second-order valence-corrected chi connectivity index (χ2v) is 7.07. The molecule has 0 fully saturated rings. The molecule has 140 valence electrons. The number of amides is 1. The van der Waals surface area contributed by atoms with E-state index in [1.807, 2.05) is 25.1 Å². The average molecular weight is 356 g/mol. The van der Waals surface area contributed by atoms with E-state index in [0.717, 1.165) is 47.6 Å². The maximum absolute atomic E-state index is 12.3. The molecule has 1 amide bonds. The summed E-state index contributed by atoms with van der Waals surface area (Å²) >= 11 is 0. The van der Waals surface area contributed by atoms with Gasteiger partial charge in [-0.1, -0.05) is 19.4 Å². The van der Waals surface area contributed by atoms with Gasteiger partial charge in [0.1, 0.15) is 13.2 Å². The van der Waals surface area contributed by atoms with Crippen molar-refractivity contribution in [2.45, 2.75) is 53.0 Å². The average Bonchev–Trinajstić information content (AvgIpc) is 2.92. The molecule has 0 atom stereocenters. The number of carbonyl (C=O) groups is 1. The quantitative estimate of drug-likeness (QED) is 0.841. The summed E-state index contributed by atoms with van der Waals surface area (Å²) in [7, 11) is 0. The van der Waals surface area contributed by atoms with Crippen molar-refractivity contribution in [1.29, 1.82) is 0 Å². The van der Waals surface area contributed by atoms with Crippen LogP contribution in [0.3, 0.4) is 0 Å². The summed E-state index contributed by atoms with van der Waals surface area (Å²) in [6.45, 7) is 9.53. The Kier molecular flexibility index (Phi) is 5.25. The summed E-state index contributed by atoms with van der Waals surface area (Å²) in [4.78, 5) is 12.3. The van der Waals surface area contributed by atoms with E-state index in [0.29, 0.717) is 18.8 Å². The number of nitrogens with two attached hydrogens (primary N) is 1. The molecule has 0 unspecified atom stereocenters. The SMILES string of the molecule is CCCCc1c(-c2ccc3c(c2)OCCO3)c(C(N)=O)c(C)n1C(C)C. The van der Waals surface area contributed by atoms with Gasteiger partial charge in [-0.2, -0.15) is 0 Å². The van der Waals surface area contributed by atoms with Crippen LogP contribution >= 0.6 is 0 Å². The van der Waals surface area contributed by atoms with Gasteiger partial charge in [-0.05, 0) is 51.3 Å². The molecule has 0 bridgehead atoms. The lowest BCUT2D eigenvalue weighted by Gasteiger charge is -2.20. The third-order valence-corrected chi connectivity index (χ3v) is 4.91. The van der Waals surface area contributed by atoms with Gasteiger partial charge in [0.05, 0.1) is 5.56 Å². The minimum absolute atomic E-state index is 0.255. The van der Waals surface area contributed by atoms with Crippen LogP contribution in [0.25, 0.3) is 11.1 Å². The fourth-order valence-corrected chi connectivity index (χ4v) is 3.87. The van der Waals surface area contributed by atoms with Gasteiger partial charge >= 0.3 is 0 Å². The summed E-state index contributed by atoms with van der Waals surface area (Å²) in [5.74, 6) is 1.08. The molecule has 0 spiro atoms. The van der Waals surface area contributed by atoms with Gasteiger partial charge in [0.2, 0.25) is 0 Å². The number of primary amides is 1. The minimum Gasteiger partial charge on any atom is -0.486 e. The first-order valence-electron chi connectivity index (χ1n) is 9.39. The molecule has 26 heavy (non-hydrogen) atoms. The summed E-state index contributed by atoms with van der Waals surface area (Å²) in [5.41, 5.74) is 10.4. The monoisotopic (exact) mass is 356 g/mol. The molecule has 2 aromatic rings. The Hall–Kier alpha value is -2.43. The number of hydrogen-bond donors (Lipinski definition) is 1. The van der Waals surface area contributed by atoms with Gasteiger partial charge in [0, 0.05) is 23.0 Å². The Labute approximate surface area is 155 Å². The van der Waals surface area contributed by atoms with Crippen molar-refractivity contribution >= 4 is 5.91 Å². The molecule has 1 aromatic heterocycles. The van der Waals surface area contributed by atoms with Crippen molar-refractivity contribution < 1.29 is 14.3 Å². The van der Waals surface area contributed by atoms with Crippen LogP contribution in [0.5, 0.6) is 11.5 Å². The van der Waals surface area contributed by atoms with E-state index in [9.17, 15) is 4.79 Å². The maximum atomic E-state index is 12.3. The van der Waals surface area contributed by atoms with E-state index in [1.54, 1.807) is 0 Å². The van der Waals surface area contributed by atoms with Gasteiger partial charge in [-0.25, -0.2) is 0 Å². The maximum Gasteiger partial charge on any atom is 0.251 e. The predicted molar refractivity (Wildman–Crippen MR) is 103 cm³/mol. The first-order valence-corrected chi connectivity index (χ1v) is 9.39. The number of nitrogens with zero attached hydrogens (tertiary/aromatic N) is 1. The molecule has 2 heterocycles. The topological polar surface area (TPSA) is 66.5 Å². The van der Waals surface area contributed by atoms with Gasteiger partial charge < -0.3 is 19.8 Å². The van der Waals surface area contributed by atoms with Crippen LogP contribution < -0.4 is 15.2 Å². The highest BCUT2D eigenvalue weighted by atomic mass is 16.6. The molecule has 0 saturated heterocycles. The number of rotatable bonds is 6. The van der Waals surface area contributed by atoms with E-state index >= 15 is 0 Å². The molecular formula is C21H28N2O3. The number of unbranched alkanes of at least 4 members (excludes halogenated alkanes) is 1. The van der Waals surface area contributed by atoms with Crippen LogP contribution in [-0.2, 0) is 6.42 Å². The van der Waals surface area contributed by atoms with Gasteiger partial charge in [0.15, 0.2) is 11.5 Å². The highest BCUT2D eigenvalue weighted by Gasteiger charge is 2.26. The fraction of sp³-hybridized carbons (Fsp3) is 0.476. The van der Waals surface area contributed by atoms with Gasteiger partial charge in [0.25, 0.3) is 5.91 Å². The van der Waals surface area contributed by atoms with Crippen LogP contribution in [0.1, 0.15) is 61.4 Å². The Bertz CT molecular complexity index is 821. The van der Waals surface area contributed by atoms with Crippen LogP contribution in [0.2, 0.25) is 0 Å². The third-order valence-electron chi connectivity index (χ3n) is 4.91. The number of carbonyl (C=O) groups excluding carboxylic acids is 1. The Morgan fingerprint density at radius 3 is 2.54 bits per heavy atom. The van der Waals surface area contributed by atoms with Crippen molar-refractivity contribution in [2.24, 2.45) is 5.73 Å². The normalized spacial score (nSPS) is 13.3. The molecule has 5 nitrogen and oxygen atoms in total. The lowest BCUT2D eigenvalue weighted by Crippen LogP contribution is -2.15. The summed E-state index contributed by atoms with van der Waals surface area (Å²) < 4.78 is 13.6. The van der Waals surface area contributed by atoms with Crippen molar-refractivity contribution in [2.75, 3.05) is 13.2 Å². The number of ether oxygens (including phenoxy) is 2. The second kappa shape index (κ2) is 7.44. The fourth-order valence-electron chi connectivity index (χ4n) is 3.87. The Morgan fingerprint density at radius 1 is 1.23 bits per heavy atom. The lowest BCUT2D eigenvalue weighted by molar-refractivity contribution is 0.1000. The highest BCUT2D eigenvalue weighted by molar-refractivity contribution is 6.02. The zero-order valence-corrected chi connectivity index (χ0v) is 16.1. The van der Waals surface area contributed by atoms with Gasteiger partial charge in [-0.3, -0.25) is 4.79 Å². The summed E-state index contributed by atoms with van der Waals surface area (Å²) in [6, 6.07) is 6.14. The molecule has 3 rings (SSSR count). The number of fused-ring (bicyclic) bond motifs is 1. The Morgan fingerprint density at radius 2 is 1.92 bits per heavy atom. The van der Waals surface area contributed by atoms with Crippen LogP contribution in [0.15, 0.2) is 18.2 Å². The summed E-state index contributed by atoms with van der Waals surface area (Å²) in [5, 5.41) is 0. The lowest BCUT2D eigenvalue weighted by atomic mass is 9.97. The molecule has 5 heteroatoms. The van der Waals surface area contributed by atoms with Crippen LogP contribution in [-0.4, -0.2) is 23.7 Å². The van der Waals surface area contributed by atoms with E-state index in [1.165, 1.54) is 5.69 Å². The largest absolute Gasteiger partial charge is 0.486 e. The zero-order chi connectivity index (χ0) is 18.8. The van der Waals surface area contributed by atoms with Crippen molar-refractivity contribution in [1.82, 2.24) is 4.57 Å².